The fourth-order valence-corrected chi connectivity index (χ4v) is 6.94. The first-order chi connectivity index (χ1) is 34.9. The van der Waals surface area contributed by atoms with Crippen molar-refractivity contribution >= 4 is 44.9 Å². The molecule has 20 nitrogen and oxygen atoms in total. The maximum absolute atomic E-state index is 10.3. The van der Waals surface area contributed by atoms with Crippen LogP contribution in [0, 0.1) is 0 Å². The number of hydrogen-bond donors (Lipinski definition) is 12. The molecule has 0 fully saturated rings. The van der Waals surface area contributed by atoms with Gasteiger partial charge in [0.2, 0.25) is 0 Å². The largest absolute Gasteiger partial charge is 0.503 e. The molecule has 0 aromatic rings. The van der Waals surface area contributed by atoms with E-state index in [4.69, 9.17) is 80.7 Å². The van der Waals surface area contributed by atoms with Crippen LogP contribution in [0.25, 0.3) is 0 Å². The average molecular weight is 1120 g/mol. The van der Waals surface area contributed by atoms with E-state index in [9.17, 15) is 14.4 Å². The Hall–Kier alpha value is -2.70. The normalized spacial score (nSPS) is 10.5. The van der Waals surface area contributed by atoms with E-state index in [1.807, 2.05) is 0 Å². The quantitative estimate of drug-likeness (QED) is 0.0199. The smallest absolute Gasteiger partial charge is 0.481 e. The number of carboxylic acid groups (broad SMARTS) is 5. The average Bonchev–Trinajstić information content (AvgIpc) is 3.30. The summed E-state index contributed by atoms with van der Waals surface area (Å²) in [5, 5.41) is 63.4. The van der Waals surface area contributed by atoms with Crippen LogP contribution in [0.4, 0.5) is 4.79 Å². The van der Waals surface area contributed by atoms with Crippen molar-refractivity contribution in [2.24, 2.45) is 0 Å². The third kappa shape index (κ3) is 151. The zero-order chi connectivity index (χ0) is 58.0. The number of carboxylic acids is 3. The predicted octanol–water partition coefficient (Wildman–Crippen LogP) is 13.9. The number of aliphatic carboxylic acids is 3. The van der Waals surface area contributed by atoms with Crippen LogP contribution in [-0.2, 0) is 35.2 Å². The summed E-state index contributed by atoms with van der Waals surface area (Å²) in [7, 11) is -9.33. The van der Waals surface area contributed by atoms with Crippen LogP contribution < -0.4 is 0 Å². The fraction of sp³-hybridized carbons (Fsp3) is 0.923. The van der Waals surface area contributed by atoms with Gasteiger partial charge >= 0.3 is 44.9 Å². The monoisotopic (exact) mass is 1120 g/mol. The molecule has 74 heavy (non-hydrogen) atoms. The second kappa shape index (κ2) is 72.4. The molecule has 0 heterocycles. The van der Waals surface area contributed by atoms with E-state index in [0.29, 0.717) is 19.3 Å². The summed E-state index contributed by atoms with van der Waals surface area (Å²) >= 11 is 0. The molecule has 0 aromatic carbocycles. The molecule has 0 unspecified atom stereocenters. The third-order valence-electron chi connectivity index (χ3n) is 10.9. The number of hydrogen-bond acceptors (Lipinski definition) is 11. The van der Waals surface area contributed by atoms with Gasteiger partial charge in [-0.2, -0.15) is 16.8 Å². The van der Waals surface area contributed by atoms with Crippen molar-refractivity contribution in [1.82, 2.24) is 0 Å². The number of unbranched alkanes of at least 4 members (excludes halogenated alkanes) is 36. The van der Waals surface area contributed by atoms with Gasteiger partial charge < -0.3 is 40.9 Å². The second-order valence-corrected chi connectivity index (χ2v) is 20.1. The minimum absolute atomic E-state index is 0.345. The molecule has 0 saturated carbocycles. The minimum atomic E-state index is -4.67. The SMILES string of the molecule is CCCCCCCCCCCCCCCC(=O)O.CCCCCCCCCCCCCCCC(=O)O.CCCCCCCCCCCCCCCC(=O)O.O=C(O)O.O=S(=O)(O)O.O=S(=O)(O)O.OCC(O)CO. The van der Waals surface area contributed by atoms with Crippen molar-refractivity contribution < 1.29 is 95.1 Å². The molecule has 0 bridgehead atoms. The standard InChI is InChI=1S/3C16H32O2.C3H8O3.CH2O3.2H2O4S/c3*1-2-3-4-5-6-7-8-9-10-11-12-13-14-15-16(17)18;4-1-3(6)2-5;2-1(3)4;2*1-5(2,3)4/h3*2-15H2,1H3,(H,17,18);3-6H,1-2H2;(H2,2,3,4);2*(H2,1,2,3,4). The van der Waals surface area contributed by atoms with Crippen molar-refractivity contribution in [3.63, 3.8) is 0 Å². The van der Waals surface area contributed by atoms with Gasteiger partial charge in [0.25, 0.3) is 0 Å². The van der Waals surface area contributed by atoms with Crippen molar-refractivity contribution in [2.45, 2.75) is 297 Å². The maximum Gasteiger partial charge on any atom is 0.503 e. The molecule has 0 rings (SSSR count). The van der Waals surface area contributed by atoms with Crippen molar-refractivity contribution in [2.75, 3.05) is 13.2 Å². The Morgan fingerprint density at radius 1 is 0.297 bits per heavy atom. The van der Waals surface area contributed by atoms with Gasteiger partial charge in [-0.25, -0.2) is 4.79 Å². The van der Waals surface area contributed by atoms with Crippen LogP contribution in [0.5, 0.6) is 0 Å². The third-order valence-corrected chi connectivity index (χ3v) is 10.9. The lowest BCUT2D eigenvalue weighted by Gasteiger charge is -2.02. The highest BCUT2D eigenvalue weighted by Gasteiger charge is 2.00. The fourth-order valence-electron chi connectivity index (χ4n) is 6.94. The van der Waals surface area contributed by atoms with E-state index in [1.54, 1.807) is 0 Å². The van der Waals surface area contributed by atoms with Crippen LogP contribution in [0.15, 0.2) is 0 Å². The van der Waals surface area contributed by atoms with Crippen LogP contribution in [0.3, 0.4) is 0 Å². The van der Waals surface area contributed by atoms with Gasteiger partial charge in [-0.1, -0.05) is 252 Å². The number of rotatable bonds is 44. The Bertz CT molecular complexity index is 1200. The Balaban J connectivity index is -0.000000153. The zero-order valence-electron chi connectivity index (χ0n) is 46.1. The summed E-state index contributed by atoms with van der Waals surface area (Å²) in [5.74, 6) is -1.96. The molecule has 0 aliphatic carbocycles. The second-order valence-electron chi connectivity index (χ2n) is 18.4. The lowest BCUT2D eigenvalue weighted by Crippen LogP contribution is -2.15. The molecule has 22 heteroatoms. The molecule has 0 spiro atoms. The van der Waals surface area contributed by atoms with Crippen molar-refractivity contribution in [3.05, 3.63) is 0 Å². The number of aliphatic hydroxyl groups excluding tert-OH is 3. The van der Waals surface area contributed by atoms with E-state index in [-0.39, 0.29) is 13.2 Å². The van der Waals surface area contributed by atoms with Gasteiger partial charge in [-0.05, 0) is 19.3 Å². The van der Waals surface area contributed by atoms with Gasteiger partial charge in [-0.3, -0.25) is 32.6 Å². The summed E-state index contributed by atoms with van der Waals surface area (Å²) in [6.07, 6.45) is 49.0. The summed E-state index contributed by atoms with van der Waals surface area (Å²) in [6, 6.07) is 0. The Morgan fingerprint density at radius 3 is 0.486 bits per heavy atom. The van der Waals surface area contributed by atoms with Crippen molar-refractivity contribution in [1.29, 1.82) is 0 Å². The molecular formula is C52H110O20S2. The summed E-state index contributed by atoms with van der Waals surface area (Å²) < 4.78 is 63.2. The molecule has 0 aromatic heterocycles. The van der Waals surface area contributed by atoms with E-state index in [1.165, 1.54) is 212 Å². The van der Waals surface area contributed by atoms with E-state index in [2.05, 4.69) is 20.8 Å². The summed E-state index contributed by atoms with van der Waals surface area (Å²) in [5.41, 5.74) is 0. The lowest BCUT2D eigenvalue weighted by molar-refractivity contribution is -0.138. The molecule has 450 valence electrons. The molecular weight excluding hydrogens is 1010 g/mol. The van der Waals surface area contributed by atoms with Crippen LogP contribution in [0.2, 0.25) is 0 Å². The molecule has 0 amide bonds. The highest BCUT2D eigenvalue weighted by molar-refractivity contribution is 7.80. The highest BCUT2D eigenvalue weighted by atomic mass is 32.3. The summed E-state index contributed by atoms with van der Waals surface area (Å²) in [4.78, 5) is 39.5. The Morgan fingerprint density at radius 2 is 0.405 bits per heavy atom. The molecule has 0 radical (unpaired) electrons. The first-order valence-corrected chi connectivity index (χ1v) is 30.5. The van der Waals surface area contributed by atoms with Gasteiger partial charge in [0.1, 0.15) is 6.10 Å². The molecule has 0 aliphatic rings. The lowest BCUT2D eigenvalue weighted by atomic mass is 10.0. The number of carbonyl (C=O) groups is 4. The first-order valence-electron chi connectivity index (χ1n) is 27.7. The Labute approximate surface area is 448 Å². The molecule has 12 N–H and O–H groups in total. The number of aliphatic hydroxyl groups is 3. The van der Waals surface area contributed by atoms with E-state index < -0.39 is 51.0 Å². The Kier molecular flexibility index (Phi) is 83.4. The predicted molar refractivity (Wildman–Crippen MR) is 293 cm³/mol. The van der Waals surface area contributed by atoms with Gasteiger partial charge in [0.15, 0.2) is 0 Å². The first kappa shape index (κ1) is 85.2. The van der Waals surface area contributed by atoms with Crippen LogP contribution >= 0.6 is 0 Å². The summed E-state index contributed by atoms with van der Waals surface area (Å²) in [6.45, 7) is 6.05. The van der Waals surface area contributed by atoms with Crippen LogP contribution in [0.1, 0.15) is 290 Å². The molecule has 0 saturated heterocycles. The van der Waals surface area contributed by atoms with E-state index >= 15 is 0 Å². The zero-order valence-corrected chi connectivity index (χ0v) is 47.8. The molecule has 0 atom stereocenters. The van der Waals surface area contributed by atoms with Gasteiger partial charge in [0.05, 0.1) is 13.2 Å². The maximum atomic E-state index is 10.3. The highest BCUT2D eigenvalue weighted by Crippen LogP contribution is 2.15. The van der Waals surface area contributed by atoms with Crippen LogP contribution in [-0.4, -0.2) is 119 Å². The van der Waals surface area contributed by atoms with Gasteiger partial charge in [0, 0.05) is 19.3 Å². The minimum Gasteiger partial charge on any atom is -0.481 e. The van der Waals surface area contributed by atoms with E-state index in [0.717, 1.165) is 38.5 Å². The topological polar surface area (TPSA) is 379 Å². The van der Waals surface area contributed by atoms with Crippen molar-refractivity contribution in [3.8, 4) is 0 Å². The molecule has 0 aliphatic heterocycles. The van der Waals surface area contributed by atoms with Gasteiger partial charge in [-0.15, -0.1) is 0 Å².